The third kappa shape index (κ3) is 4.28. The lowest BCUT2D eigenvalue weighted by Crippen LogP contribution is -2.39. The molecule has 2 aliphatic heterocycles. The van der Waals surface area contributed by atoms with Crippen LogP contribution in [0.2, 0.25) is 0 Å². The fraction of sp³-hybridized carbons (Fsp3) is 0.500. The van der Waals surface area contributed by atoms with E-state index in [0.29, 0.717) is 18.9 Å². The number of fused-ring (bicyclic) bond motifs is 1. The van der Waals surface area contributed by atoms with Gasteiger partial charge >= 0.3 is 0 Å². The SMILES string of the molecule is CC(=O)N1CCc2c(nc(-c3ccccn3)nc2NCCN2CCOCC2)C1. The maximum Gasteiger partial charge on any atom is 0.219 e. The number of nitrogens with one attached hydrogen (secondary N) is 1. The van der Waals surface area contributed by atoms with Crippen LogP contribution in [-0.2, 0) is 22.5 Å². The predicted molar refractivity (Wildman–Crippen MR) is 106 cm³/mol. The Morgan fingerprint density at radius 2 is 2.07 bits per heavy atom. The molecule has 0 aliphatic carbocycles. The monoisotopic (exact) mass is 382 g/mol. The van der Waals surface area contributed by atoms with Gasteiger partial charge in [0.15, 0.2) is 5.82 Å². The zero-order valence-electron chi connectivity index (χ0n) is 16.2. The lowest BCUT2D eigenvalue weighted by atomic mass is 10.0. The summed E-state index contributed by atoms with van der Waals surface area (Å²) in [7, 11) is 0. The van der Waals surface area contributed by atoms with E-state index in [1.54, 1.807) is 13.1 Å². The molecule has 1 amide bonds. The predicted octanol–water partition coefficient (Wildman–Crippen LogP) is 1.19. The van der Waals surface area contributed by atoms with E-state index in [4.69, 9.17) is 14.7 Å². The third-order valence-electron chi connectivity index (χ3n) is 5.23. The van der Waals surface area contributed by atoms with Crippen LogP contribution in [0.3, 0.4) is 0 Å². The fourth-order valence-corrected chi connectivity index (χ4v) is 3.61. The number of hydrogen-bond acceptors (Lipinski definition) is 7. The molecular formula is C20H26N6O2. The molecule has 8 heteroatoms. The minimum absolute atomic E-state index is 0.0745. The largest absolute Gasteiger partial charge is 0.379 e. The van der Waals surface area contributed by atoms with E-state index < -0.39 is 0 Å². The highest BCUT2D eigenvalue weighted by molar-refractivity contribution is 5.74. The Kier molecular flexibility index (Phi) is 5.78. The van der Waals surface area contributed by atoms with Gasteiger partial charge in [0.1, 0.15) is 11.5 Å². The first kappa shape index (κ1) is 18.8. The summed E-state index contributed by atoms with van der Waals surface area (Å²) in [6, 6.07) is 5.71. The molecule has 1 saturated heterocycles. The third-order valence-corrected chi connectivity index (χ3v) is 5.23. The fourth-order valence-electron chi connectivity index (χ4n) is 3.61. The van der Waals surface area contributed by atoms with Crippen LogP contribution in [0, 0.1) is 0 Å². The molecule has 4 rings (SSSR count). The Labute approximate surface area is 164 Å². The number of amides is 1. The Bertz CT molecular complexity index is 823. The van der Waals surface area contributed by atoms with Crippen molar-refractivity contribution in [1.82, 2.24) is 24.8 Å². The van der Waals surface area contributed by atoms with Gasteiger partial charge in [-0.3, -0.25) is 14.7 Å². The number of carbonyl (C=O) groups is 1. The van der Waals surface area contributed by atoms with Crippen LogP contribution in [0.4, 0.5) is 5.82 Å². The summed E-state index contributed by atoms with van der Waals surface area (Å²) in [6.07, 6.45) is 2.50. The van der Waals surface area contributed by atoms with Crippen LogP contribution in [0.25, 0.3) is 11.5 Å². The molecule has 0 atom stereocenters. The van der Waals surface area contributed by atoms with Gasteiger partial charge in [-0.1, -0.05) is 6.07 Å². The maximum absolute atomic E-state index is 11.8. The number of anilines is 1. The topological polar surface area (TPSA) is 83.5 Å². The Morgan fingerprint density at radius 1 is 1.21 bits per heavy atom. The zero-order valence-corrected chi connectivity index (χ0v) is 16.2. The standard InChI is InChI=1S/C20H26N6O2/c1-15(27)26-8-5-16-18(14-26)23-20(17-4-2-3-6-21-17)24-19(16)22-7-9-25-10-12-28-13-11-25/h2-4,6H,5,7-14H2,1H3,(H,22,23,24). The Balaban J connectivity index is 1.56. The summed E-state index contributed by atoms with van der Waals surface area (Å²) in [4.78, 5) is 30.0. The quantitative estimate of drug-likeness (QED) is 0.831. The van der Waals surface area contributed by atoms with Crippen molar-refractivity contribution in [3.05, 3.63) is 35.7 Å². The number of morpholine rings is 1. The van der Waals surface area contributed by atoms with Gasteiger partial charge in [0.05, 0.1) is 25.5 Å². The molecule has 2 aromatic heterocycles. The van der Waals surface area contributed by atoms with Crippen LogP contribution in [0.5, 0.6) is 0 Å². The zero-order chi connectivity index (χ0) is 19.3. The van der Waals surface area contributed by atoms with E-state index in [1.807, 2.05) is 23.1 Å². The van der Waals surface area contributed by atoms with E-state index >= 15 is 0 Å². The van der Waals surface area contributed by atoms with Gasteiger partial charge in [-0.05, 0) is 18.6 Å². The van der Waals surface area contributed by atoms with Crippen molar-refractivity contribution in [3.63, 3.8) is 0 Å². The molecule has 2 aromatic rings. The highest BCUT2D eigenvalue weighted by Crippen LogP contribution is 2.26. The average molecular weight is 382 g/mol. The van der Waals surface area contributed by atoms with Crippen LogP contribution in [-0.4, -0.2) is 76.6 Å². The van der Waals surface area contributed by atoms with Gasteiger partial charge in [-0.25, -0.2) is 9.97 Å². The number of aromatic nitrogens is 3. The molecular weight excluding hydrogens is 356 g/mol. The lowest BCUT2D eigenvalue weighted by Gasteiger charge is -2.29. The summed E-state index contributed by atoms with van der Waals surface area (Å²) in [5, 5.41) is 3.51. The van der Waals surface area contributed by atoms with Crippen molar-refractivity contribution in [2.45, 2.75) is 19.9 Å². The van der Waals surface area contributed by atoms with Crippen molar-refractivity contribution >= 4 is 11.7 Å². The molecule has 28 heavy (non-hydrogen) atoms. The lowest BCUT2D eigenvalue weighted by molar-refractivity contribution is -0.129. The molecule has 0 radical (unpaired) electrons. The molecule has 8 nitrogen and oxygen atoms in total. The second-order valence-electron chi connectivity index (χ2n) is 7.11. The van der Waals surface area contributed by atoms with Gasteiger partial charge in [-0.15, -0.1) is 0 Å². The Morgan fingerprint density at radius 3 is 2.82 bits per heavy atom. The molecule has 0 saturated carbocycles. The molecule has 1 fully saturated rings. The normalized spacial score (nSPS) is 17.2. The number of ether oxygens (including phenoxy) is 1. The van der Waals surface area contributed by atoms with Gasteiger partial charge in [0.2, 0.25) is 5.91 Å². The summed E-state index contributed by atoms with van der Waals surface area (Å²) < 4.78 is 5.41. The highest BCUT2D eigenvalue weighted by Gasteiger charge is 2.24. The van der Waals surface area contributed by atoms with Crippen molar-refractivity contribution < 1.29 is 9.53 Å². The summed E-state index contributed by atoms with van der Waals surface area (Å²) in [5.74, 6) is 1.53. The number of rotatable bonds is 5. The maximum atomic E-state index is 11.8. The van der Waals surface area contributed by atoms with Crippen molar-refractivity contribution in [3.8, 4) is 11.5 Å². The minimum Gasteiger partial charge on any atom is -0.379 e. The number of pyridine rings is 1. The van der Waals surface area contributed by atoms with Gasteiger partial charge < -0.3 is 15.0 Å². The average Bonchev–Trinajstić information content (AvgIpc) is 2.74. The van der Waals surface area contributed by atoms with Crippen LogP contribution >= 0.6 is 0 Å². The number of nitrogens with zero attached hydrogens (tertiary/aromatic N) is 5. The van der Waals surface area contributed by atoms with Crippen LogP contribution in [0.1, 0.15) is 18.2 Å². The summed E-state index contributed by atoms with van der Waals surface area (Å²) >= 11 is 0. The molecule has 148 valence electrons. The summed E-state index contributed by atoms with van der Waals surface area (Å²) in [6.45, 7) is 8.11. The first-order chi connectivity index (χ1) is 13.7. The van der Waals surface area contributed by atoms with E-state index in [0.717, 1.165) is 68.6 Å². The molecule has 1 N–H and O–H groups in total. The Hall–Kier alpha value is -2.58. The van der Waals surface area contributed by atoms with Crippen LogP contribution in [0.15, 0.2) is 24.4 Å². The second-order valence-corrected chi connectivity index (χ2v) is 7.11. The number of hydrogen-bond donors (Lipinski definition) is 1. The molecule has 2 aliphatic rings. The molecule has 4 heterocycles. The van der Waals surface area contributed by atoms with E-state index in [9.17, 15) is 4.79 Å². The van der Waals surface area contributed by atoms with E-state index in [1.165, 1.54) is 0 Å². The smallest absolute Gasteiger partial charge is 0.219 e. The molecule has 0 unspecified atom stereocenters. The van der Waals surface area contributed by atoms with Crippen molar-refractivity contribution in [2.75, 3.05) is 51.3 Å². The highest BCUT2D eigenvalue weighted by atomic mass is 16.5. The first-order valence-electron chi connectivity index (χ1n) is 9.81. The van der Waals surface area contributed by atoms with E-state index in [2.05, 4.69) is 15.2 Å². The minimum atomic E-state index is 0.0745. The van der Waals surface area contributed by atoms with Crippen LogP contribution < -0.4 is 5.32 Å². The van der Waals surface area contributed by atoms with Crippen molar-refractivity contribution in [2.24, 2.45) is 0 Å². The van der Waals surface area contributed by atoms with Gasteiger partial charge in [-0.2, -0.15) is 0 Å². The second kappa shape index (κ2) is 8.62. The van der Waals surface area contributed by atoms with Gasteiger partial charge in [0, 0.05) is 51.4 Å². The van der Waals surface area contributed by atoms with E-state index in [-0.39, 0.29) is 5.91 Å². The van der Waals surface area contributed by atoms with Gasteiger partial charge in [0.25, 0.3) is 0 Å². The molecule has 0 aromatic carbocycles. The summed E-state index contributed by atoms with van der Waals surface area (Å²) in [5.41, 5.74) is 2.76. The molecule has 0 bridgehead atoms. The van der Waals surface area contributed by atoms with Crippen molar-refractivity contribution in [1.29, 1.82) is 0 Å². The number of carbonyl (C=O) groups excluding carboxylic acids is 1. The first-order valence-corrected chi connectivity index (χ1v) is 9.81. The molecule has 0 spiro atoms.